The molecule has 0 aromatic heterocycles. The van der Waals surface area contributed by atoms with Crippen molar-refractivity contribution >= 4 is 42.2 Å². The van der Waals surface area contributed by atoms with Crippen molar-refractivity contribution in [1.29, 1.82) is 0 Å². The van der Waals surface area contributed by atoms with Gasteiger partial charge in [0.1, 0.15) is 0 Å². The average molecular weight is 891 g/mol. The molecule has 0 radical (unpaired) electrons. The molecule has 2 nitrogen and oxygen atoms in total. The Hall–Kier alpha value is 0.450. The van der Waals surface area contributed by atoms with Crippen molar-refractivity contribution < 1.29 is 64.7 Å². The molecule has 8 heteroatoms. The van der Waals surface area contributed by atoms with E-state index in [1.807, 2.05) is 0 Å². The summed E-state index contributed by atoms with van der Waals surface area (Å²) in [4.78, 5) is 18.6. The SMILES string of the molecule is CCCCCCCCc1cccc[c]1[Zn+].CCCCCCCCc1cccc[c]1[Zn+].CCCCCCCCc1cccc[c]1[Zn+].[O-]P([O-])(=S)[S-]. The molecule has 0 amide bonds. The Morgan fingerprint density at radius 2 is 0.640 bits per heavy atom. The van der Waals surface area contributed by atoms with Gasteiger partial charge in [0.15, 0.2) is 0 Å². The first kappa shape index (κ1) is 50.5. The first-order chi connectivity index (χ1) is 24.0. The minimum absolute atomic E-state index is 1.29. The van der Waals surface area contributed by atoms with E-state index in [1.165, 1.54) is 190 Å². The van der Waals surface area contributed by atoms with E-state index >= 15 is 0 Å². The fourth-order valence-corrected chi connectivity index (χ4v) is 8.40. The zero-order chi connectivity index (χ0) is 37.3. The second-order valence-corrected chi connectivity index (χ2v) is 22.6. The summed E-state index contributed by atoms with van der Waals surface area (Å²) in [6.07, 6.45) is 29.1. The summed E-state index contributed by atoms with van der Waals surface area (Å²) in [7, 11) is 0. The molecule has 0 spiro atoms. The van der Waals surface area contributed by atoms with Gasteiger partial charge in [-0.3, -0.25) is 0 Å². The Balaban J connectivity index is 0.000000674. The van der Waals surface area contributed by atoms with E-state index in [0.29, 0.717) is 0 Å². The molecule has 3 rings (SSSR count). The van der Waals surface area contributed by atoms with E-state index in [2.05, 4.69) is 118 Å². The van der Waals surface area contributed by atoms with Crippen molar-refractivity contribution in [2.24, 2.45) is 0 Å². The van der Waals surface area contributed by atoms with Crippen LogP contribution in [0.15, 0.2) is 72.8 Å². The minimum atomic E-state index is -3.72. The predicted octanol–water partition coefficient (Wildman–Crippen LogP) is 9.76. The maximum Gasteiger partial charge on any atom is -0.160 e. The monoisotopic (exact) mass is 886 g/mol. The number of hydrogen-bond donors (Lipinski definition) is 0. The third kappa shape index (κ3) is 33.1. The molecule has 0 fully saturated rings. The summed E-state index contributed by atoms with van der Waals surface area (Å²) >= 11 is 11.2. The Morgan fingerprint density at radius 3 is 0.860 bits per heavy atom. The van der Waals surface area contributed by atoms with Gasteiger partial charge in [0, 0.05) is 0 Å². The summed E-state index contributed by atoms with van der Waals surface area (Å²) in [6.45, 7) is 6.83. The molecule has 266 valence electrons. The second kappa shape index (κ2) is 35.2. The molecule has 0 saturated heterocycles. The zero-order valence-corrected chi connectivity index (χ0v) is 43.4. The third-order valence-electron chi connectivity index (χ3n) is 8.75. The number of benzene rings is 3. The molecule has 3 aromatic rings. The van der Waals surface area contributed by atoms with Crippen molar-refractivity contribution in [3.63, 3.8) is 0 Å². The second-order valence-electron chi connectivity index (χ2n) is 13.3. The van der Waals surface area contributed by atoms with Crippen LogP contribution in [0, 0.1) is 0 Å². The third-order valence-corrected chi connectivity index (χ3v) is 13.1. The summed E-state index contributed by atoms with van der Waals surface area (Å²) in [6, 6.07) is 26.7. The van der Waals surface area contributed by atoms with Crippen molar-refractivity contribution in [2.45, 2.75) is 156 Å². The molecule has 50 heavy (non-hydrogen) atoms. The summed E-state index contributed by atoms with van der Waals surface area (Å²) in [5, 5.41) is 0. The van der Waals surface area contributed by atoms with Crippen LogP contribution in [0.4, 0.5) is 0 Å². The van der Waals surface area contributed by atoms with E-state index in [-0.39, 0.29) is 0 Å². The number of rotatable bonds is 21. The molecule has 0 aliphatic heterocycles. The fourth-order valence-electron chi connectivity index (χ4n) is 5.69. The standard InChI is InChI=1S/3C14H21.H3O2PS2.3Zn/c3*1-2-3-4-5-6-8-11-14-12-9-7-10-13-14;1-3(2,4)5;;;/h3*7,9-10,12H,2-6,8,11H2,1H3;(H3,1,2,4,5);;;/q;;;;3*+1/p-3. The van der Waals surface area contributed by atoms with Crippen LogP contribution in [-0.2, 0) is 98.2 Å². The van der Waals surface area contributed by atoms with E-state index in [4.69, 9.17) is 0 Å². The Labute approximate surface area is 349 Å². The molecule has 0 aliphatic rings. The molecular formula is C42H63O2PS2Zn3. The maximum absolute atomic E-state index is 9.29. The van der Waals surface area contributed by atoms with Crippen LogP contribution in [0.5, 0.6) is 0 Å². The van der Waals surface area contributed by atoms with Gasteiger partial charge >= 0.3 is 312 Å². The normalized spacial score (nSPS) is 10.7. The summed E-state index contributed by atoms with van der Waals surface area (Å²) in [5.74, 6) is 0. The summed E-state index contributed by atoms with van der Waals surface area (Å²) < 4.78 is 4.73. The van der Waals surface area contributed by atoms with Gasteiger partial charge in [-0.2, -0.15) is 11.8 Å². The zero-order valence-electron chi connectivity index (χ0n) is 32.0. The van der Waals surface area contributed by atoms with Crippen molar-refractivity contribution in [2.75, 3.05) is 0 Å². The van der Waals surface area contributed by atoms with E-state index in [0.717, 1.165) is 0 Å². The fraction of sp³-hybridized carbons (Fsp3) is 0.571. The first-order valence-electron chi connectivity index (χ1n) is 19.5. The average Bonchev–Trinajstić information content (AvgIpc) is 3.08. The Morgan fingerprint density at radius 1 is 0.440 bits per heavy atom. The largest absolute Gasteiger partial charge is 0.850 e. The van der Waals surface area contributed by atoms with Crippen molar-refractivity contribution in [3.05, 3.63) is 89.5 Å². The molecule has 3 aromatic carbocycles. The number of aryl methyl sites for hydroxylation is 3. The van der Waals surface area contributed by atoms with Crippen LogP contribution in [0.3, 0.4) is 0 Å². The molecule has 0 aliphatic carbocycles. The first-order valence-corrected chi connectivity index (χ1v) is 27.6. The Kier molecular flexibility index (Phi) is 35.5. The molecule has 0 bridgehead atoms. The molecule has 0 heterocycles. The van der Waals surface area contributed by atoms with Gasteiger partial charge in [0.2, 0.25) is 0 Å². The van der Waals surface area contributed by atoms with Gasteiger partial charge in [-0.1, -0.05) is 0 Å². The summed E-state index contributed by atoms with van der Waals surface area (Å²) in [5.41, 5.74) is 1.05. The molecule has 0 saturated carbocycles. The molecular weight excluding hydrogens is 828 g/mol. The van der Waals surface area contributed by atoms with Gasteiger partial charge in [-0.05, 0) is 0 Å². The quantitative estimate of drug-likeness (QED) is 0.0463. The van der Waals surface area contributed by atoms with Crippen LogP contribution in [-0.4, -0.2) is 0 Å². The van der Waals surface area contributed by atoms with Gasteiger partial charge in [0.25, 0.3) is 0 Å². The molecule has 0 atom stereocenters. The maximum atomic E-state index is 9.29. The number of hydrogen-bond acceptors (Lipinski definition) is 4. The van der Waals surface area contributed by atoms with Gasteiger partial charge in [-0.15, -0.1) is 0 Å². The van der Waals surface area contributed by atoms with Gasteiger partial charge in [0.05, 0.1) is 0 Å². The van der Waals surface area contributed by atoms with Gasteiger partial charge < -0.3 is 27.7 Å². The van der Waals surface area contributed by atoms with Crippen LogP contribution in [0.2, 0.25) is 0 Å². The molecule has 0 unspecified atom stereocenters. The van der Waals surface area contributed by atoms with Crippen LogP contribution >= 0.6 is 5.69 Å². The van der Waals surface area contributed by atoms with Crippen LogP contribution < -0.4 is 22.3 Å². The number of unbranched alkanes of at least 4 members (excludes halogenated alkanes) is 15. The van der Waals surface area contributed by atoms with E-state index < -0.39 is 5.69 Å². The van der Waals surface area contributed by atoms with Crippen molar-refractivity contribution in [1.82, 2.24) is 0 Å². The van der Waals surface area contributed by atoms with Crippen LogP contribution in [0.1, 0.15) is 153 Å². The smallest absolute Gasteiger partial charge is 0.160 e. The van der Waals surface area contributed by atoms with E-state index in [9.17, 15) is 9.79 Å². The minimum Gasteiger partial charge on any atom is -0.850 e. The van der Waals surface area contributed by atoms with Gasteiger partial charge in [-0.25, -0.2) is 0 Å². The predicted molar refractivity (Wildman–Crippen MR) is 211 cm³/mol. The van der Waals surface area contributed by atoms with Crippen LogP contribution in [0.25, 0.3) is 0 Å². The Bertz CT molecular complexity index is 1110. The van der Waals surface area contributed by atoms with E-state index in [1.54, 1.807) is 29.2 Å². The topological polar surface area (TPSA) is 46.1 Å². The van der Waals surface area contributed by atoms with Crippen molar-refractivity contribution in [3.8, 4) is 0 Å². The molecule has 0 N–H and O–H groups in total.